The van der Waals surface area contributed by atoms with Gasteiger partial charge in [-0.1, -0.05) is 31.0 Å². The number of para-hydroxylation sites is 1. The minimum atomic E-state index is -1.16. The van der Waals surface area contributed by atoms with Crippen LogP contribution in [0.2, 0.25) is 0 Å². The van der Waals surface area contributed by atoms with E-state index in [9.17, 15) is 14.4 Å². The molecule has 0 aromatic heterocycles. The van der Waals surface area contributed by atoms with Gasteiger partial charge in [0.1, 0.15) is 0 Å². The molecule has 1 fully saturated rings. The Balaban J connectivity index is 1.58. The molecule has 2 heterocycles. The lowest BCUT2D eigenvalue weighted by Gasteiger charge is -2.42. The number of likely N-dealkylation sites (tertiary alicyclic amines) is 1. The highest BCUT2D eigenvalue weighted by Gasteiger charge is 2.34. The maximum absolute atomic E-state index is 12.5. The summed E-state index contributed by atoms with van der Waals surface area (Å²) in [6.45, 7) is 5.15. The van der Waals surface area contributed by atoms with E-state index in [0.717, 1.165) is 30.5 Å². The van der Waals surface area contributed by atoms with Crippen LogP contribution in [0.15, 0.2) is 24.3 Å². The van der Waals surface area contributed by atoms with Gasteiger partial charge in [0.15, 0.2) is 0 Å². The van der Waals surface area contributed by atoms with Crippen molar-refractivity contribution >= 4 is 23.6 Å². The summed E-state index contributed by atoms with van der Waals surface area (Å²) < 4.78 is 0. The minimum Gasteiger partial charge on any atom is -0.465 e. The van der Waals surface area contributed by atoms with E-state index >= 15 is 0 Å². The minimum absolute atomic E-state index is 0.0596. The first-order valence-electron chi connectivity index (χ1n) is 10.8. The van der Waals surface area contributed by atoms with Crippen molar-refractivity contribution in [2.45, 2.75) is 57.7 Å². The highest BCUT2D eigenvalue weighted by molar-refractivity contribution is 5.95. The first-order valence-corrected chi connectivity index (χ1v) is 10.8. The van der Waals surface area contributed by atoms with Crippen LogP contribution in [0.5, 0.6) is 0 Å². The summed E-state index contributed by atoms with van der Waals surface area (Å²) in [6, 6.07) is 8.67. The first kappa shape index (κ1) is 22.6. The Hall–Kier alpha value is -3.05. The number of nitrogens with zero attached hydrogens (tertiary/aromatic N) is 2. The molecule has 0 radical (unpaired) electrons. The number of hydrogen-bond donors (Lipinski definition) is 3. The van der Waals surface area contributed by atoms with Crippen molar-refractivity contribution in [1.82, 2.24) is 15.5 Å². The molecule has 0 bridgehead atoms. The third kappa shape index (κ3) is 5.56. The van der Waals surface area contributed by atoms with Crippen LogP contribution in [0.25, 0.3) is 0 Å². The van der Waals surface area contributed by atoms with Crippen LogP contribution in [-0.4, -0.2) is 59.6 Å². The second-order valence-electron chi connectivity index (χ2n) is 8.01. The van der Waals surface area contributed by atoms with E-state index in [1.807, 2.05) is 30.0 Å². The van der Waals surface area contributed by atoms with Gasteiger partial charge in [0.05, 0.1) is 6.54 Å². The highest BCUT2D eigenvalue weighted by atomic mass is 16.4. The Bertz CT molecular complexity index is 883. The van der Waals surface area contributed by atoms with E-state index in [0.29, 0.717) is 19.5 Å². The van der Waals surface area contributed by atoms with Gasteiger partial charge in [-0.15, -0.1) is 0 Å². The smallest absolute Gasteiger partial charge is 0.405 e. The molecule has 3 rings (SSSR count). The van der Waals surface area contributed by atoms with Gasteiger partial charge in [-0.2, -0.15) is 0 Å². The van der Waals surface area contributed by atoms with Crippen molar-refractivity contribution in [2.24, 2.45) is 0 Å². The number of carboxylic acid groups (broad SMARTS) is 1. The van der Waals surface area contributed by atoms with Gasteiger partial charge in [0.2, 0.25) is 5.91 Å². The molecule has 2 aliphatic rings. The topological polar surface area (TPSA) is 102 Å². The number of piperidine rings is 1. The quantitative estimate of drug-likeness (QED) is 0.640. The van der Waals surface area contributed by atoms with E-state index in [-0.39, 0.29) is 36.5 Å². The third-order valence-electron chi connectivity index (χ3n) is 5.90. The molecular weight excluding hydrogens is 396 g/mol. The number of benzene rings is 1. The van der Waals surface area contributed by atoms with E-state index in [2.05, 4.69) is 35.5 Å². The lowest BCUT2D eigenvalue weighted by molar-refractivity contribution is -0.126. The molecule has 2 aliphatic heterocycles. The van der Waals surface area contributed by atoms with Gasteiger partial charge in [-0.05, 0) is 43.7 Å². The van der Waals surface area contributed by atoms with Crippen molar-refractivity contribution in [3.63, 3.8) is 0 Å². The summed E-state index contributed by atoms with van der Waals surface area (Å²) in [5.41, 5.74) is 2.14. The molecule has 0 aliphatic carbocycles. The normalized spacial score (nSPS) is 21.0. The predicted molar refractivity (Wildman–Crippen MR) is 118 cm³/mol. The van der Waals surface area contributed by atoms with Crippen molar-refractivity contribution in [3.8, 4) is 11.8 Å². The molecule has 8 nitrogen and oxygen atoms in total. The molecule has 8 heteroatoms. The largest absolute Gasteiger partial charge is 0.465 e. The number of rotatable bonds is 4. The number of carbonyl (C=O) groups excluding carboxylic acids is 2. The second kappa shape index (κ2) is 10.3. The van der Waals surface area contributed by atoms with Crippen molar-refractivity contribution in [3.05, 3.63) is 29.8 Å². The fourth-order valence-electron chi connectivity index (χ4n) is 4.37. The molecule has 0 unspecified atom stereocenters. The maximum Gasteiger partial charge on any atom is 0.405 e. The molecule has 31 heavy (non-hydrogen) atoms. The number of amides is 3. The van der Waals surface area contributed by atoms with Crippen LogP contribution in [0, 0.1) is 11.8 Å². The molecular formula is C23H30N4O4. The average molecular weight is 427 g/mol. The predicted octanol–water partition coefficient (Wildman–Crippen LogP) is 2.11. The number of carbonyl (C=O) groups is 3. The number of fused-ring (bicyclic) bond motifs is 1. The monoisotopic (exact) mass is 426 g/mol. The Morgan fingerprint density at radius 3 is 2.58 bits per heavy atom. The fourth-order valence-corrected chi connectivity index (χ4v) is 4.37. The Morgan fingerprint density at radius 1 is 1.19 bits per heavy atom. The van der Waals surface area contributed by atoms with Crippen molar-refractivity contribution < 1.29 is 19.5 Å². The van der Waals surface area contributed by atoms with E-state index in [1.165, 1.54) is 0 Å². The van der Waals surface area contributed by atoms with Crippen molar-refractivity contribution in [1.29, 1.82) is 0 Å². The van der Waals surface area contributed by atoms with E-state index < -0.39 is 6.09 Å². The van der Waals surface area contributed by atoms with Crippen LogP contribution in [0.3, 0.4) is 0 Å². The third-order valence-corrected chi connectivity index (χ3v) is 5.90. The lowest BCUT2D eigenvalue weighted by Crippen LogP contribution is -2.49. The molecule has 2 atom stereocenters. The standard InChI is InChI=1S/C23H30N4O4/c1-3-21(28)27-16(2)15-19(18-7-4-5-8-20(18)27)25-17-10-13-26(14-11-17)22(29)9-6-12-24-23(30)31/h4-5,7-8,16-17,19,24-25H,3,10-15H2,1-2H3,(H,30,31)/t16-,19+/m0/s1. The SMILES string of the molecule is CCC(=O)N1c2ccccc2[C@H](NC2CCN(C(=O)C#CCNC(=O)O)CC2)C[C@@H]1C. The van der Waals surface area contributed by atoms with Crippen LogP contribution >= 0.6 is 0 Å². The number of hydrogen-bond acceptors (Lipinski definition) is 4. The Labute approximate surface area is 183 Å². The van der Waals surface area contributed by atoms with Crippen LogP contribution < -0.4 is 15.5 Å². The van der Waals surface area contributed by atoms with Gasteiger partial charge >= 0.3 is 6.09 Å². The van der Waals surface area contributed by atoms with Gasteiger partial charge < -0.3 is 25.5 Å². The molecule has 1 aromatic carbocycles. The van der Waals surface area contributed by atoms with Gasteiger partial charge in [-0.25, -0.2) is 4.79 Å². The maximum atomic E-state index is 12.5. The van der Waals surface area contributed by atoms with E-state index in [1.54, 1.807) is 4.90 Å². The Morgan fingerprint density at radius 2 is 1.90 bits per heavy atom. The Kier molecular flexibility index (Phi) is 7.53. The second-order valence-corrected chi connectivity index (χ2v) is 8.01. The van der Waals surface area contributed by atoms with Crippen LogP contribution in [0.4, 0.5) is 10.5 Å². The molecule has 3 N–H and O–H groups in total. The molecule has 1 aromatic rings. The first-order chi connectivity index (χ1) is 14.9. The zero-order valence-corrected chi connectivity index (χ0v) is 18.1. The molecule has 0 spiro atoms. The molecule has 3 amide bonds. The summed E-state index contributed by atoms with van der Waals surface area (Å²) in [6.07, 6.45) is 1.83. The summed E-state index contributed by atoms with van der Waals surface area (Å²) in [5.74, 6) is 4.92. The summed E-state index contributed by atoms with van der Waals surface area (Å²) >= 11 is 0. The van der Waals surface area contributed by atoms with Crippen molar-refractivity contribution in [2.75, 3.05) is 24.5 Å². The highest BCUT2D eigenvalue weighted by Crippen LogP contribution is 2.38. The fraction of sp³-hybridized carbons (Fsp3) is 0.522. The molecule has 1 saturated heterocycles. The molecule has 0 saturated carbocycles. The average Bonchev–Trinajstić information content (AvgIpc) is 2.76. The summed E-state index contributed by atoms with van der Waals surface area (Å²) in [4.78, 5) is 38.7. The van der Waals surface area contributed by atoms with Gasteiger partial charge in [0.25, 0.3) is 5.91 Å². The van der Waals surface area contributed by atoms with E-state index in [4.69, 9.17) is 5.11 Å². The zero-order valence-electron chi connectivity index (χ0n) is 18.1. The van der Waals surface area contributed by atoms with Crippen LogP contribution in [-0.2, 0) is 9.59 Å². The van der Waals surface area contributed by atoms with Crippen LogP contribution in [0.1, 0.15) is 51.1 Å². The number of anilines is 1. The summed E-state index contributed by atoms with van der Waals surface area (Å²) in [7, 11) is 0. The lowest BCUT2D eigenvalue weighted by atomic mass is 9.90. The van der Waals surface area contributed by atoms with Gasteiger partial charge in [0, 0.05) is 43.3 Å². The summed E-state index contributed by atoms with van der Waals surface area (Å²) in [5, 5.41) is 14.4. The van der Waals surface area contributed by atoms with Gasteiger partial charge in [-0.3, -0.25) is 9.59 Å². The number of nitrogens with one attached hydrogen (secondary N) is 2. The molecule has 166 valence electrons. The zero-order chi connectivity index (χ0) is 22.4.